The fraction of sp³-hybridized carbons (Fsp3) is 0.389. The van der Waals surface area contributed by atoms with Crippen LogP contribution in [0.25, 0.3) is 0 Å². The van der Waals surface area contributed by atoms with Gasteiger partial charge >= 0.3 is 0 Å². The van der Waals surface area contributed by atoms with Crippen LogP contribution in [0.2, 0.25) is 0 Å². The molecule has 1 aromatic heterocycles. The van der Waals surface area contributed by atoms with Crippen molar-refractivity contribution in [1.29, 1.82) is 0 Å². The maximum Gasteiger partial charge on any atom is 0.0299 e. The maximum atomic E-state index is 5.70. The molecule has 1 aromatic carbocycles. The number of hydrogen-bond donors (Lipinski definition) is 2. The lowest BCUT2D eigenvalue weighted by Crippen LogP contribution is -2.37. The number of nitrogens with one attached hydrogen (secondary N) is 1. The van der Waals surface area contributed by atoms with Crippen LogP contribution in [-0.2, 0) is 12.8 Å². The zero-order valence-electron chi connectivity index (χ0n) is 12.9. The van der Waals surface area contributed by atoms with Gasteiger partial charge in [-0.15, -0.1) is 0 Å². The zero-order valence-corrected chi connectivity index (χ0v) is 12.9. The summed E-state index contributed by atoms with van der Waals surface area (Å²) in [6.45, 7) is 4.43. The number of benzene rings is 1. The summed E-state index contributed by atoms with van der Waals surface area (Å²) in [4.78, 5) is 4.15. The highest BCUT2D eigenvalue weighted by Gasteiger charge is 2.09. The van der Waals surface area contributed by atoms with Crippen LogP contribution >= 0.6 is 0 Å². The predicted octanol–water partition coefficient (Wildman–Crippen LogP) is 3.21. The third kappa shape index (κ3) is 4.96. The topological polar surface area (TPSA) is 50.9 Å². The van der Waals surface area contributed by atoms with Crippen LogP contribution in [0.3, 0.4) is 0 Å². The first-order valence-electron chi connectivity index (χ1n) is 7.63. The molecule has 3 N–H and O–H groups in total. The lowest BCUT2D eigenvalue weighted by Gasteiger charge is -2.16. The number of aromatic nitrogens is 1. The van der Waals surface area contributed by atoms with Crippen LogP contribution in [0.15, 0.2) is 48.8 Å². The van der Waals surface area contributed by atoms with Gasteiger partial charge in [0.2, 0.25) is 0 Å². The standard InChI is InChI=1S/C18H25N3/c1-14(2)17-8-5-15(6-9-17)12-18(21-19)10-7-16-4-3-11-20-13-16/h3-6,8-9,11,13-14,18,21H,7,10,12,19H2,1-2H3. The summed E-state index contributed by atoms with van der Waals surface area (Å²) in [5.41, 5.74) is 6.90. The number of nitrogens with two attached hydrogens (primary N) is 1. The SMILES string of the molecule is CC(C)c1ccc(CC(CCc2cccnc2)NN)cc1. The second-order valence-electron chi connectivity index (χ2n) is 5.86. The molecule has 1 atom stereocenters. The van der Waals surface area contributed by atoms with Gasteiger partial charge in [0.25, 0.3) is 0 Å². The Labute approximate surface area is 127 Å². The van der Waals surface area contributed by atoms with Crippen molar-refractivity contribution in [2.75, 3.05) is 0 Å². The number of pyridine rings is 1. The van der Waals surface area contributed by atoms with Crippen molar-refractivity contribution >= 4 is 0 Å². The molecule has 0 radical (unpaired) electrons. The third-order valence-electron chi connectivity index (χ3n) is 3.87. The highest BCUT2D eigenvalue weighted by atomic mass is 15.2. The van der Waals surface area contributed by atoms with E-state index in [1.165, 1.54) is 16.7 Å². The number of rotatable bonds is 7. The predicted molar refractivity (Wildman–Crippen MR) is 87.9 cm³/mol. The first kappa shape index (κ1) is 15.7. The van der Waals surface area contributed by atoms with Gasteiger partial charge in [0.15, 0.2) is 0 Å². The Kier molecular flexibility index (Phi) is 5.90. The molecule has 1 unspecified atom stereocenters. The first-order chi connectivity index (χ1) is 10.2. The van der Waals surface area contributed by atoms with Crippen LogP contribution in [0, 0.1) is 0 Å². The Balaban J connectivity index is 1.89. The van der Waals surface area contributed by atoms with Crippen molar-refractivity contribution in [2.45, 2.75) is 45.1 Å². The molecule has 21 heavy (non-hydrogen) atoms. The molecule has 0 aliphatic rings. The normalized spacial score (nSPS) is 12.6. The molecule has 3 heteroatoms. The quantitative estimate of drug-likeness (QED) is 0.606. The molecule has 0 aliphatic carbocycles. The Bertz CT molecular complexity index is 520. The van der Waals surface area contributed by atoms with Crippen molar-refractivity contribution in [1.82, 2.24) is 10.4 Å². The van der Waals surface area contributed by atoms with Gasteiger partial charge in [0.1, 0.15) is 0 Å². The number of hydrogen-bond acceptors (Lipinski definition) is 3. The summed E-state index contributed by atoms with van der Waals surface area (Å²) in [7, 11) is 0. The van der Waals surface area contributed by atoms with Gasteiger partial charge in [-0.2, -0.15) is 0 Å². The van der Waals surface area contributed by atoms with Gasteiger partial charge in [0.05, 0.1) is 0 Å². The van der Waals surface area contributed by atoms with Crippen molar-refractivity contribution in [3.63, 3.8) is 0 Å². The molecule has 0 aliphatic heterocycles. The molecule has 2 aromatic rings. The van der Waals surface area contributed by atoms with Crippen LogP contribution in [0.5, 0.6) is 0 Å². The minimum Gasteiger partial charge on any atom is -0.271 e. The molecule has 2 rings (SSSR count). The van der Waals surface area contributed by atoms with Gasteiger partial charge in [0, 0.05) is 18.4 Å². The molecule has 0 saturated carbocycles. The summed E-state index contributed by atoms with van der Waals surface area (Å²) in [6.07, 6.45) is 6.68. The fourth-order valence-electron chi connectivity index (χ4n) is 2.45. The Morgan fingerprint density at radius 1 is 1.10 bits per heavy atom. The van der Waals surface area contributed by atoms with E-state index >= 15 is 0 Å². The molecule has 112 valence electrons. The Hall–Kier alpha value is -1.71. The summed E-state index contributed by atoms with van der Waals surface area (Å²) >= 11 is 0. The number of aryl methyl sites for hydroxylation is 1. The monoisotopic (exact) mass is 283 g/mol. The number of nitrogens with zero attached hydrogens (tertiary/aromatic N) is 1. The molecule has 0 saturated heterocycles. The second kappa shape index (κ2) is 7.91. The van der Waals surface area contributed by atoms with Crippen molar-refractivity contribution < 1.29 is 0 Å². The minimum atomic E-state index is 0.287. The lowest BCUT2D eigenvalue weighted by atomic mass is 9.97. The average molecular weight is 283 g/mol. The van der Waals surface area contributed by atoms with Gasteiger partial charge in [-0.25, -0.2) is 0 Å². The van der Waals surface area contributed by atoms with E-state index in [0.29, 0.717) is 5.92 Å². The van der Waals surface area contributed by atoms with Gasteiger partial charge in [-0.05, 0) is 47.9 Å². The van der Waals surface area contributed by atoms with E-state index < -0.39 is 0 Å². The first-order valence-corrected chi connectivity index (χ1v) is 7.63. The van der Waals surface area contributed by atoms with E-state index in [1.54, 1.807) is 6.20 Å². The number of hydrazine groups is 1. The van der Waals surface area contributed by atoms with Crippen molar-refractivity contribution in [2.24, 2.45) is 5.84 Å². The van der Waals surface area contributed by atoms with Gasteiger partial charge in [-0.3, -0.25) is 16.3 Å². The lowest BCUT2D eigenvalue weighted by molar-refractivity contribution is 0.491. The van der Waals surface area contributed by atoms with Crippen LogP contribution in [0.4, 0.5) is 0 Å². The highest BCUT2D eigenvalue weighted by molar-refractivity contribution is 5.25. The summed E-state index contributed by atoms with van der Waals surface area (Å²) in [6, 6.07) is 13.2. The van der Waals surface area contributed by atoms with Crippen LogP contribution in [-0.4, -0.2) is 11.0 Å². The summed E-state index contributed by atoms with van der Waals surface area (Å²) in [5.74, 6) is 6.27. The third-order valence-corrected chi connectivity index (χ3v) is 3.87. The molecule has 1 heterocycles. The molecule has 0 amide bonds. The van der Waals surface area contributed by atoms with E-state index in [4.69, 9.17) is 5.84 Å². The maximum absolute atomic E-state index is 5.70. The van der Waals surface area contributed by atoms with E-state index in [0.717, 1.165) is 19.3 Å². The minimum absolute atomic E-state index is 0.287. The van der Waals surface area contributed by atoms with Crippen LogP contribution < -0.4 is 11.3 Å². The van der Waals surface area contributed by atoms with E-state index in [-0.39, 0.29) is 6.04 Å². The van der Waals surface area contributed by atoms with Gasteiger partial charge < -0.3 is 0 Å². The Morgan fingerprint density at radius 3 is 2.43 bits per heavy atom. The second-order valence-corrected chi connectivity index (χ2v) is 5.86. The molecular weight excluding hydrogens is 258 g/mol. The zero-order chi connectivity index (χ0) is 15.1. The van der Waals surface area contributed by atoms with E-state index in [2.05, 4.69) is 54.6 Å². The molecule has 0 bridgehead atoms. The van der Waals surface area contributed by atoms with E-state index in [9.17, 15) is 0 Å². The molecule has 0 fully saturated rings. The molecule has 0 spiro atoms. The van der Waals surface area contributed by atoms with Crippen molar-refractivity contribution in [3.8, 4) is 0 Å². The highest BCUT2D eigenvalue weighted by Crippen LogP contribution is 2.16. The average Bonchev–Trinajstić information content (AvgIpc) is 2.53. The Morgan fingerprint density at radius 2 is 1.86 bits per heavy atom. The molecular formula is C18H25N3. The van der Waals surface area contributed by atoms with Crippen LogP contribution in [0.1, 0.15) is 42.9 Å². The summed E-state index contributed by atoms with van der Waals surface area (Å²) < 4.78 is 0. The smallest absolute Gasteiger partial charge is 0.0299 e. The van der Waals surface area contributed by atoms with Gasteiger partial charge in [-0.1, -0.05) is 44.2 Å². The van der Waals surface area contributed by atoms with E-state index in [1.807, 2.05) is 12.3 Å². The summed E-state index contributed by atoms with van der Waals surface area (Å²) in [5, 5.41) is 0. The van der Waals surface area contributed by atoms with Crippen molar-refractivity contribution in [3.05, 3.63) is 65.5 Å². The fourth-order valence-corrected chi connectivity index (χ4v) is 2.45. The largest absolute Gasteiger partial charge is 0.271 e. The molecule has 3 nitrogen and oxygen atoms in total.